The van der Waals surface area contributed by atoms with Crippen molar-refractivity contribution >= 4 is 87.4 Å². The normalized spacial score (nSPS) is 12.1. The van der Waals surface area contributed by atoms with Crippen LogP contribution in [0, 0.1) is 6.57 Å². The van der Waals surface area contributed by atoms with Gasteiger partial charge in [0.15, 0.2) is 11.3 Å². The van der Waals surface area contributed by atoms with Gasteiger partial charge in [-0.1, -0.05) is 78.9 Å². The Labute approximate surface area is 272 Å². The first-order valence-corrected chi connectivity index (χ1v) is 15.9. The van der Waals surface area contributed by atoms with Gasteiger partial charge in [-0.15, -0.1) is 0 Å². The van der Waals surface area contributed by atoms with Crippen LogP contribution in [0.1, 0.15) is 0 Å². The van der Waals surface area contributed by atoms with E-state index >= 15 is 0 Å². The molecular formula is C42H22N6. The maximum Gasteiger partial charge on any atom is 0.237 e. The van der Waals surface area contributed by atoms with Crippen molar-refractivity contribution in [2.45, 2.75) is 0 Å². The lowest BCUT2D eigenvalue weighted by atomic mass is 10.0. The van der Waals surface area contributed by atoms with Crippen molar-refractivity contribution in [1.29, 1.82) is 0 Å². The minimum absolute atomic E-state index is 0.544. The van der Waals surface area contributed by atoms with Gasteiger partial charge in [-0.25, -0.2) is 14.8 Å². The summed E-state index contributed by atoms with van der Waals surface area (Å²) in [6.45, 7) is 7.63. The van der Waals surface area contributed by atoms with Gasteiger partial charge in [-0.3, -0.25) is 4.57 Å². The Morgan fingerprint density at radius 2 is 1.31 bits per heavy atom. The molecule has 11 rings (SSSR count). The second-order valence-electron chi connectivity index (χ2n) is 12.4. The molecule has 0 bridgehead atoms. The third-order valence-electron chi connectivity index (χ3n) is 9.88. The maximum absolute atomic E-state index is 7.63. The number of benzene rings is 6. The van der Waals surface area contributed by atoms with Crippen LogP contribution in [0.2, 0.25) is 0 Å². The fourth-order valence-corrected chi connectivity index (χ4v) is 7.91. The summed E-state index contributed by atoms with van der Waals surface area (Å²) in [5, 5.41) is 10.5. The summed E-state index contributed by atoms with van der Waals surface area (Å²) in [6, 6.07) is 44.4. The van der Waals surface area contributed by atoms with E-state index in [1.165, 1.54) is 54.3 Å². The summed E-state index contributed by atoms with van der Waals surface area (Å²) in [7, 11) is 0. The lowest BCUT2D eigenvalue weighted by Gasteiger charge is -2.11. The highest BCUT2D eigenvalue weighted by Crippen LogP contribution is 2.47. The van der Waals surface area contributed by atoms with E-state index in [0.29, 0.717) is 17.3 Å². The molecule has 0 radical (unpaired) electrons. The van der Waals surface area contributed by atoms with Gasteiger partial charge in [0.25, 0.3) is 0 Å². The zero-order chi connectivity index (χ0) is 31.5. The molecule has 220 valence electrons. The minimum Gasteiger partial charge on any atom is -0.308 e. The summed E-state index contributed by atoms with van der Waals surface area (Å²) in [5.74, 6) is 0.544. The van der Waals surface area contributed by atoms with Crippen LogP contribution in [-0.4, -0.2) is 23.9 Å². The van der Waals surface area contributed by atoms with Crippen LogP contribution in [0.15, 0.2) is 134 Å². The van der Waals surface area contributed by atoms with Crippen LogP contribution >= 0.6 is 0 Å². The van der Waals surface area contributed by atoms with E-state index in [1.54, 1.807) is 6.20 Å². The topological polar surface area (TPSA) is 52.4 Å². The van der Waals surface area contributed by atoms with Crippen molar-refractivity contribution in [1.82, 2.24) is 23.9 Å². The van der Waals surface area contributed by atoms with Crippen molar-refractivity contribution in [3.05, 3.63) is 145 Å². The number of hydrogen-bond acceptors (Lipinski definition) is 3. The molecule has 0 N–H and O–H groups in total. The van der Waals surface area contributed by atoms with Crippen LogP contribution in [0.3, 0.4) is 0 Å². The fourth-order valence-electron chi connectivity index (χ4n) is 7.91. The summed E-state index contributed by atoms with van der Waals surface area (Å²) in [5.41, 5.74) is 8.47. The van der Waals surface area contributed by atoms with Gasteiger partial charge in [0.2, 0.25) is 5.95 Å². The Kier molecular flexibility index (Phi) is 4.82. The van der Waals surface area contributed by atoms with Crippen molar-refractivity contribution in [2.24, 2.45) is 0 Å². The number of pyridine rings is 1. The molecule has 0 saturated carbocycles. The van der Waals surface area contributed by atoms with E-state index in [-0.39, 0.29) is 0 Å². The Bertz CT molecular complexity index is 3200. The third kappa shape index (κ3) is 3.22. The molecule has 0 aliphatic rings. The SMILES string of the molecule is [C-]#[N+]c1cccc(-c2nc(-n3c4ccccc4c4c5c6cc7ccccc7cc6n6c7ccccc7c(cc43)c56)nc3ncccc23)c1. The van der Waals surface area contributed by atoms with Gasteiger partial charge in [0.05, 0.1) is 39.8 Å². The second-order valence-corrected chi connectivity index (χ2v) is 12.4. The predicted molar refractivity (Wildman–Crippen MR) is 196 cm³/mol. The van der Waals surface area contributed by atoms with Crippen molar-refractivity contribution in [2.75, 3.05) is 0 Å². The highest BCUT2D eigenvalue weighted by Gasteiger charge is 2.25. The molecular weight excluding hydrogens is 589 g/mol. The van der Waals surface area contributed by atoms with E-state index < -0.39 is 0 Å². The van der Waals surface area contributed by atoms with Gasteiger partial charge < -0.3 is 4.40 Å². The molecule has 6 heteroatoms. The predicted octanol–water partition coefficient (Wildman–Crippen LogP) is 10.6. The molecule has 0 aliphatic heterocycles. The van der Waals surface area contributed by atoms with Crippen LogP contribution in [-0.2, 0) is 0 Å². The first kappa shape index (κ1) is 25.4. The van der Waals surface area contributed by atoms with Crippen LogP contribution in [0.25, 0.3) is 104 Å². The Hall–Kier alpha value is -6.84. The fraction of sp³-hybridized carbons (Fsp3) is 0. The summed E-state index contributed by atoms with van der Waals surface area (Å²) in [4.78, 5) is 18.8. The molecule has 5 aromatic heterocycles. The molecule has 0 aliphatic carbocycles. The quantitative estimate of drug-likeness (QED) is 0.183. The molecule has 11 aromatic rings. The summed E-state index contributed by atoms with van der Waals surface area (Å²) < 4.78 is 4.65. The third-order valence-corrected chi connectivity index (χ3v) is 9.88. The second kappa shape index (κ2) is 9.12. The highest BCUT2D eigenvalue weighted by molar-refractivity contribution is 6.36. The molecule has 0 unspecified atom stereocenters. The van der Waals surface area contributed by atoms with Crippen LogP contribution < -0.4 is 0 Å². The summed E-state index contributed by atoms with van der Waals surface area (Å²) >= 11 is 0. The van der Waals surface area contributed by atoms with E-state index in [0.717, 1.165) is 33.1 Å². The maximum atomic E-state index is 7.63. The Balaban J connectivity index is 1.36. The molecule has 0 saturated heterocycles. The number of nitrogens with zero attached hydrogens (tertiary/aromatic N) is 6. The Morgan fingerprint density at radius 3 is 2.19 bits per heavy atom. The largest absolute Gasteiger partial charge is 0.308 e. The van der Waals surface area contributed by atoms with Crippen molar-refractivity contribution in [3.63, 3.8) is 0 Å². The number of fused-ring (bicyclic) bond motifs is 12. The van der Waals surface area contributed by atoms with Gasteiger partial charge in [0, 0.05) is 43.9 Å². The zero-order valence-corrected chi connectivity index (χ0v) is 25.4. The first-order chi connectivity index (χ1) is 23.8. The molecule has 5 heterocycles. The number of para-hydroxylation sites is 2. The standard InChI is InChI=1S/C42H22N6/c1-43-27-13-8-12-26(20-27)39-30-16-9-19-44-41(30)46-42(45-39)48-34-18-7-5-15-29(34)37-36(48)23-31-28-14-4-6-17-33(28)47-35-22-25-11-3-2-10-24(25)21-32(35)38(37)40(31)47/h2-23H. The lowest BCUT2D eigenvalue weighted by Crippen LogP contribution is -2.04. The van der Waals surface area contributed by atoms with E-state index in [1.807, 2.05) is 36.4 Å². The van der Waals surface area contributed by atoms with E-state index in [4.69, 9.17) is 21.5 Å². The monoisotopic (exact) mass is 610 g/mol. The van der Waals surface area contributed by atoms with Crippen LogP contribution in [0.5, 0.6) is 0 Å². The highest BCUT2D eigenvalue weighted by atomic mass is 15.2. The number of hydrogen-bond donors (Lipinski definition) is 0. The van der Waals surface area contributed by atoms with Gasteiger partial charge in [0.1, 0.15) is 0 Å². The van der Waals surface area contributed by atoms with Gasteiger partial charge in [-0.2, -0.15) is 4.98 Å². The number of aromatic nitrogens is 5. The smallest absolute Gasteiger partial charge is 0.237 e. The zero-order valence-electron chi connectivity index (χ0n) is 25.4. The Morgan fingerprint density at radius 1 is 0.542 bits per heavy atom. The lowest BCUT2D eigenvalue weighted by molar-refractivity contribution is 1.01. The van der Waals surface area contributed by atoms with Gasteiger partial charge in [-0.05, 0) is 64.9 Å². The van der Waals surface area contributed by atoms with Crippen molar-refractivity contribution in [3.8, 4) is 17.2 Å². The minimum atomic E-state index is 0.544. The first-order valence-electron chi connectivity index (χ1n) is 15.9. The molecule has 48 heavy (non-hydrogen) atoms. The average Bonchev–Trinajstić information content (AvgIpc) is 3.77. The molecule has 6 nitrogen and oxygen atoms in total. The van der Waals surface area contributed by atoms with Crippen LogP contribution in [0.4, 0.5) is 5.69 Å². The van der Waals surface area contributed by atoms with Crippen molar-refractivity contribution < 1.29 is 0 Å². The van der Waals surface area contributed by atoms with Gasteiger partial charge >= 0.3 is 0 Å². The molecule has 6 aromatic carbocycles. The number of rotatable bonds is 2. The molecule has 0 amide bonds. The van der Waals surface area contributed by atoms with E-state index in [9.17, 15) is 0 Å². The average molecular weight is 611 g/mol. The summed E-state index contributed by atoms with van der Waals surface area (Å²) in [6.07, 6.45) is 1.77. The molecule has 0 spiro atoms. The van der Waals surface area contributed by atoms with E-state index in [2.05, 4.69) is 105 Å². The molecule has 0 fully saturated rings. The molecule has 0 atom stereocenters.